The number of ether oxygens (including phenoxy) is 4. The summed E-state index contributed by atoms with van der Waals surface area (Å²) in [5.74, 6) is -1.00. The first-order valence-electron chi connectivity index (χ1n) is 15.8. The van der Waals surface area contributed by atoms with Gasteiger partial charge in [0.15, 0.2) is 23.6 Å². The zero-order chi connectivity index (χ0) is 35.7. The van der Waals surface area contributed by atoms with E-state index in [0.29, 0.717) is 0 Å². The Hall–Kier alpha value is -5.69. The second-order valence-corrected chi connectivity index (χ2v) is 12.4. The van der Waals surface area contributed by atoms with E-state index in [1.165, 1.54) is 19.2 Å². The van der Waals surface area contributed by atoms with E-state index < -0.39 is 59.3 Å². The van der Waals surface area contributed by atoms with Crippen LogP contribution in [0.5, 0.6) is 11.5 Å². The lowest BCUT2D eigenvalue weighted by Crippen LogP contribution is -2.65. The fraction of sp³-hybridized carbons (Fsp3) is 0.237. The van der Waals surface area contributed by atoms with Gasteiger partial charge in [0.1, 0.15) is 17.4 Å². The van der Waals surface area contributed by atoms with Gasteiger partial charge in [0, 0.05) is 18.2 Å². The van der Waals surface area contributed by atoms with Gasteiger partial charge in [-0.25, -0.2) is 9.59 Å². The molecule has 6 rings (SSSR count). The van der Waals surface area contributed by atoms with Crippen LogP contribution >= 0.6 is 0 Å². The number of nitrogens with one attached hydrogen (secondary N) is 1. The second-order valence-electron chi connectivity index (χ2n) is 12.4. The average Bonchev–Trinajstić information content (AvgIpc) is 3.10. The van der Waals surface area contributed by atoms with Crippen LogP contribution in [0, 0.1) is 6.92 Å². The summed E-state index contributed by atoms with van der Waals surface area (Å²) in [5.41, 5.74) is 6.59. The predicted octanol–water partition coefficient (Wildman–Crippen LogP) is 5.75. The molecular weight excluding hydrogens is 644 g/mol. The quantitative estimate of drug-likeness (QED) is 0.148. The lowest BCUT2D eigenvalue weighted by molar-refractivity contribution is -0.304. The number of carbonyl (C=O) groups excluding carboxylic acids is 2. The van der Waals surface area contributed by atoms with E-state index in [-0.39, 0.29) is 27.8 Å². The molecule has 12 heteroatoms. The molecule has 1 aromatic heterocycles. The molecular formula is C38H36N2O10. The number of carbonyl (C=O) groups is 2. The number of aliphatic hydroxyl groups is 1. The monoisotopic (exact) mass is 680 g/mol. The number of primary amides is 1. The standard InChI is InChI=1S/C38H36N2O10/c1-20-27(47-36-30(42)32(49-37(39)45)33(46-4)38(2,3)50-36)16-15-26-29(41)28(35(44)48-31(20)26)40-34(43)25-18-23(21-11-7-5-8-12-21)17-24(19-25)22-13-9-6-10-14-22/h5-19,30,32-33,36,41-42H,1-4H3,(H2,39,45)(H,40,43)/t30-,32+,33-,36-/m1/s1. The van der Waals surface area contributed by atoms with Crippen molar-refractivity contribution in [3.63, 3.8) is 0 Å². The molecule has 1 fully saturated rings. The highest BCUT2D eigenvalue weighted by Crippen LogP contribution is 2.39. The summed E-state index contributed by atoms with van der Waals surface area (Å²) in [6, 6.07) is 27.4. The number of rotatable bonds is 8. The smallest absolute Gasteiger partial charge is 0.404 e. The van der Waals surface area contributed by atoms with Crippen LogP contribution in [0.3, 0.4) is 0 Å². The van der Waals surface area contributed by atoms with Crippen LogP contribution in [-0.2, 0) is 14.2 Å². The Labute approximate surface area is 287 Å². The first-order valence-corrected chi connectivity index (χ1v) is 15.8. The summed E-state index contributed by atoms with van der Waals surface area (Å²) in [6.07, 6.45) is -6.09. The zero-order valence-electron chi connectivity index (χ0n) is 27.7. The minimum Gasteiger partial charge on any atom is -0.505 e. The van der Waals surface area contributed by atoms with Crippen LogP contribution < -0.4 is 21.4 Å². The van der Waals surface area contributed by atoms with Crippen LogP contribution in [0.25, 0.3) is 33.2 Å². The maximum Gasteiger partial charge on any atom is 0.404 e. The molecule has 4 atom stereocenters. The molecule has 1 aliphatic rings. The molecule has 2 heterocycles. The summed E-state index contributed by atoms with van der Waals surface area (Å²) in [7, 11) is 1.38. The molecule has 1 aliphatic heterocycles. The maximum atomic E-state index is 13.7. The summed E-state index contributed by atoms with van der Waals surface area (Å²) in [4.78, 5) is 38.6. The van der Waals surface area contributed by atoms with Crippen molar-refractivity contribution in [2.45, 2.75) is 51.0 Å². The van der Waals surface area contributed by atoms with Crippen molar-refractivity contribution in [2.24, 2.45) is 5.73 Å². The van der Waals surface area contributed by atoms with E-state index in [1.807, 2.05) is 66.7 Å². The first-order chi connectivity index (χ1) is 23.9. The largest absolute Gasteiger partial charge is 0.505 e. The number of aliphatic hydroxyl groups excluding tert-OH is 1. The van der Waals surface area contributed by atoms with Gasteiger partial charge < -0.3 is 44.6 Å². The van der Waals surface area contributed by atoms with Crippen molar-refractivity contribution < 1.29 is 43.2 Å². The molecule has 0 aliphatic carbocycles. The zero-order valence-corrected chi connectivity index (χ0v) is 27.7. The fourth-order valence-electron chi connectivity index (χ4n) is 6.21. The predicted molar refractivity (Wildman–Crippen MR) is 185 cm³/mol. The van der Waals surface area contributed by atoms with Gasteiger partial charge >= 0.3 is 11.7 Å². The number of benzene rings is 4. The number of hydrogen-bond donors (Lipinski definition) is 4. The Bertz CT molecular complexity index is 2060. The van der Waals surface area contributed by atoms with E-state index in [1.54, 1.807) is 32.9 Å². The molecule has 0 spiro atoms. The number of aromatic hydroxyl groups is 1. The van der Waals surface area contributed by atoms with Gasteiger partial charge in [-0.1, -0.05) is 60.7 Å². The molecule has 4 aromatic carbocycles. The summed E-state index contributed by atoms with van der Waals surface area (Å²) >= 11 is 0. The highest BCUT2D eigenvalue weighted by Gasteiger charge is 2.53. The number of fused-ring (bicyclic) bond motifs is 1. The SMILES string of the molecule is CO[C@@H]1[C@@H](OC(N)=O)[C@@H](O)[C@H](Oc2ccc3c(O)c(NC(=O)c4cc(-c5ccccc5)cc(-c5ccccc5)c4)c(=O)oc3c2C)OC1(C)C. The fourth-order valence-corrected chi connectivity index (χ4v) is 6.21. The third-order valence-corrected chi connectivity index (χ3v) is 8.66. The maximum absolute atomic E-state index is 13.7. The molecule has 0 saturated carbocycles. The first kappa shape index (κ1) is 34.2. The molecule has 12 nitrogen and oxygen atoms in total. The number of amides is 2. The Morgan fingerprint density at radius 2 is 1.50 bits per heavy atom. The van der Waals surface area contributed by atoms with Crippen LogP contribution in [0.15, 0.2) is 100 Å². The highest BCUT2D eigenvalue weighted by atomic mass is 16.7. The van der Waals surface area contributed by atoms with E-state index in [0.717, 1.165) is 22.3 Å². The number of anilines is 1. The van der Waals surface area contributed by atoms with Crippen molar-refractivity contribution in [3.05, 3.63) is 113 Å². The van der Waals surface area contributed by atoms with Gasteiger partial charge in [-0.15, -0.1) is 0 Å². The third kappa shape index (κ3) is 6.64. The number of hydrogen-bond acceptors (Lipinski definition) is 10. The van der Waals surface area contributed by atoms with Crippen molar-refractivity contribution in [1.29, 1.82) is 0 Å². The lowest BCUT2D eigenvalue weighted by atomic mass is 9.89. The van der Waals surface area contributed by atoms with Gasteiger partial charge in [-0.3, -0.25) is 4.79 Å². The van der Waals surface area contributed by atoms with Gasteiger partial charge in [-0.05, 0) is 73.4 Å². The molecule has 2 amide bonds. The van der Waals surface area contributed by atoms with Crippen LogP contribution in [0.4, 0.5) is 10.5 Å². The molecule has 258 valence electrons. The van der Waals surface area contributed by atoms with Crippen molar-refractivity contribution in [1.82, 2.24) is 0 Å². The molecule has 0 unspecified atom stereocenters. The van der Waals surface area contributed by atoms with Gasteiger partial charge in [0.05, 0.1) is 11.0 Å². The van der Waals surface area contributed by atoms with Crippen molar-refractivity contribution in [2.75, 3.05) is 12.4 Å². The molecule has 0 bridgehead atoms. The normalized spacial score (nSPS) is 19.9. The molecule has 1 saturated heterocycles. The van der Waals surface area contributed by atoms with Gasteiger partial charge in [-0.2, -0.15) is 0 Å². The van der Waals surface area contributed by atoms with Gasteiger partial charge in [0.25, 0.3) is 5.91 Å². The Balaban J connectivity index is 1.31. The molecule has 50 heavy (non-hydrogen) atoms. The number of nitrogens with two attached hydrogens (primary N) is 1. The summed E-state index contributed by atoms with van der Waals surface area (Å²) < 4.78 is 28.2. The molecule has 5 N–H and O–H groups in total. The Kier molecular flexibility index (Phi) is 9.35. The van der Waals surface area contributed by atoms with E-state index in [2.05, 4.69) is 5.32 Å². The summed E-state index contributed by atoms with van der Waals surface area (Å²) in [5, 5.41) is 24.9. The van der Waals surface area contributed by atoms with Crippen LogP contribution in [0.2, 0.25) is 0 Å². The average molecular weight is 681 g/mol. The Morgan fingerprint density at radius 1 is 0.900 bits per heavy atom. The lowest BCUT2D eigenvalue weighted by Gasteiger charge is -2.47. The minimum absolute atomic E-state index is 0.0234. The number of aryl methyl sites for hydroxylation is 1. The van der Waals surface area contributed by atoms with Crippen molar-refractivity contribution in [3.8, 4) is 33.8 Å². The van der Waals surface area contributed by atoms with Gasteiger partial charge in [0.2, 0.25) is 6.29 Å². The topological polar surface area (TPSA) is 180 Å². The summed E-state index contributed by atoms with van der Waals surface area (Å²) in [6.45, 7) is 4.91. The second kappa shape index (κ2) is 13.7. The van der Waals surface area contributed by atoms with E-state index >= 15 is 0 Å². The van der Waals surface area contributed by atoms with Crippen LogP contribution in [0.1, 0.15) is 29.8 Å². The number of methoxy groups -OCH3 is 1. The minimum atomic E-state index is -1.52. The molecule has 5 aromatic rings. The Morgan fingerprint density at radius 3 is 2.06 bits per heavy atom. The third-order valence-electron chi connectivity index (χ3n) is 8.66. The van der Waals surface area contributed by atoms with Crippen LogP contribution in [-0.4, -0.2) is 59.5 Å². The van der Waals surface area contributed by atoms with E-state index in [9.17, 15) is 24.6 Å². The highest BCUT2D eigenvalue weighted by molar-refractivity contribution is 6.08. The van der Waals surface area contributed by atoms with Crippen molar-refractivity contribution >= 4 is 28.7 Å². The molecule has 0 radical (unpaired) electrons. The van der Waals surface area contributed by atoms with E-state index in [4.69, 9.17) is 29.1 Å².